The number of hydrogen-bond donors (Lipinski definition) is 4. The fourth-order valence-electron chi connectivity index (χ4n) is 4.08. The molecule has 1 aliphatic rings. The van der Waals surface area contributed by atoms with Crippen molar-refractivity contribution >= 4 is 18.0 Å². The van der Waals surface area contributed by atoms with E-state index in [1.165, 1.54) is 6.92 Å². The molecule has 0 fully saturated rings. The van der Waals surface area contributed by atoms with Crippen molar-refractivity contribution in [2.24, 2.45) is 5.92 Å². The van der Waals surface area contributed by atoms with Crippen molar-refractivity contribution in [3.63, 3.8) is 0 Å². The number of fused-ring (bicyclic) bond motifs is 3. The predicted molar refractivity (Wildman–Crippen MR) is 123 cm³/mol. The third-order valence-electron chi connectivity index (χ3n) is 5.74. The molecule has 2 aromatic rings. The highest BCUT2D eigenvalue weighted by Crippen LogP contribution is 2.44. The maximum absolute atomic E-state index is 12.6. The minimum atomic E-state index is -1.60. The molecular formula is C25H30N2O6. The van der Waals surface area contributed by atoms with Gasteiger partial charge in [-0.15, -0.1) is 0 Å². The molecule has 0 saturated heterocycles. The van der Waals surface area contributed by atoms with Crippen LogP contribution in [0.5, 0.6) is 0 Å². The molecule has 4 N–H and O–H groups in total. The molecule has 0 bridgehead atoms. The van der Waals surface area contributed by atoms with Gasteiger partial charge in [0.15, 0.2) is 0 Å². The maximum atomic E-state index is 12.6. The van der Waals surface area contributed by atoms with Gasteiger partial charge in [-0.3, -0.25) is 9.59 Å². The molecule has 0 saturated carbocycles. The molecule has 176 valence electrons. The monoisotopic (exact) mass is 454 g/mol. The summed E-state index contributed by atoms with van der Waals surface area (Å²) in [6, 6.07) is 15.1. The first kappa shape index (κ1) is 24.3. The minimum absolute atomic E-state index is 0.0967. The molecule has 2 atom stereocenters. The lowest BCUT2D eigenvalue weighted by atomic mass is 9.98. The topological polar surface area (TPSA) is 125 Å². The zero-order valence-electron chi connectivity index (χ0n) is 19.0. The summed E-state index contributed by atoms with van der Waals surface area (Å²) in [5.74, 6) is -2.05. The van der Waals surface area contributed by atoms with Gasteiger partial charge in [0.25, 0.3) is 0 Å². The van der Waals surface area contributed by atoms with Gasteiger partial charge >= 0.3 is 12.1 Å². The fraction of sp³-hybridized carbons (Fsp3) is 0.400. The molecule has 8 nitrogen and oxygen atoms in total. The first-order valence-electron chi connectivity index (χ1n) is 10.9. The standard InChI is InChI=1S/C25H30N2O6/c1-15(2)22(23(30)26-14-25(3,32)12-21(28)29)27-24(31)33-13-20-18-10-6-4-8-16(18)17-9-5-7-11-19(17)20/h4-11,15,20,22,32H,12-14H2,1-3H3,(H,26,30)(H,27,31)(H,28,29). The van der Waals surface area contributed by atoms with Crippen LogP contribution in [0.25, 0.3) is 11.1 Å². The summed E-state index contributed by atoms with van der Waals surface area (Å²) in [6.45, 7) is 4.73. The summed E-state index contributed by atoms with van der Waals surface area (Å²) in [7, 11) is 0. The van der Waals surface area contributed by atoms with Gasteiger partial charge in [-0.25, -0.2) is 4.79 Å². The number of hydrogen-bond acceptors (Lipinski definition) is 5. The Morgan fingerprint density at radius 3 is 2.09 bits per heavy atom. The van der Waals surface area contributed by atoms with Crippen LogP contribution in [0.3, 0.4) is 0 Å². The van der Waals surface area contributed by atoms with Crippen molar-refractivity contribution in [3.8, 4) is 11.1 Å². The quantitative estimate of drug-likeness (QED) is 0.462. The Morgan fingerprint density at radius 2 is 1.58 bits per heavy atom. The number of aliphatic hydroxyl groups is 1. The number of carboxylic acids is 1. The van der Waals surface area contributed by atoms with Crippen LogP contribution in [0.15, 0.2) is 48.5 Å². The highest BCUT2D eigenvalue weighted by Gasteiger charge is 2.31. The largest absolute Gasteiger partial charge is 0.481 e. The Hall–Kier alpha value is -3.39. The fourth-order valence-corrected chi connectivity index (χ4v) is 4.08. The number of aliphatic carboxylic acids is 1. The second-order valence-corrected chi connectivity index (χ2v) is 8.98. The van der Waals surface area contributed by atoms with Crippen LogP contribution in [0.1, 0.15) is 44.2 Å². The second kappa shape index (κ2) is 10.0. The van der Waals surface area contributed by atoms with E-state index < -0.39 is 36.0 Å². The van der Waals surface area contributed by atoms with Crippen LogP contribution < -0.4 is 10.6 Å². The zero-order chi connectivity index (χ0) is 24.2. The number of amides is 2. The summed E-state index contributed by atoms with van der Waals surface area (Å²) in [5.41, 5.74) is 2.81. The molecule has 33 heavy (non-hydrogen) atoms. The van der Waals surface area contributed by atoms with Crippen LogP contribution in [0, 0.1) is 5.92 Å². The molecule has 0 spiro atoms. The summed E-state index contributed by atoms with van der Waals surface area (Å²) in [4.78, 5) is 36.0. The van der Waals surface area contributed by atoms with Crippen LogP contribution in [-0.2, 0) is 14.3 Å². The number of ether oxygens (including phenoxy) is 1. The van der Waals surface area contributed by atoms with Crippen molar-refractivity contribution in [3.05, 3.63) is 59.7 Å². The summed E-state index contributed by atoms with van der Waals surface area (Å²) in [5, 5.41) is 24.1. The highest BCUT2D eigenvalue weighted by molar-refractivity contribution is 5.86. The number of carbonyl (C=O) groups excluding carboxylic acids is 2. The van der Waals surface area contributed by atoms with Crippen LogP contribution in [0.2, 0.25) is 0 Å². The van der Waals surface area contributed by atoms with Gasteiger partial charge in [-0.05, 0) is 35.1 Å². The van der Waals surface area contributed by atoms with Crippen molar-refractivity contribution in [1.82, 2.24) is 10.6 Å². The first-order valence-corrected chi connectivity index (χ1v) is 10.9. The Balaban J connectivity index is 1.61. The smallest absolute Gasteiger partial charge is 0.407 e. The van der Waals surface area contributed by atoms with E-state index in [-0.39, 0.29) is 25.0 Å². The molecule has 1 aliphatic carbocycles. The number of benzene rings is 2. The zero-order valence-corrected chi connectivity index (χ0v) is 19.0. The molecule has 0 radical (unpaired) electrons. The Kier molecular flexibility index (Phi) is 7.38. The average molecular weight is 455 g/mol. The van der Waals surface area contributed by atoms with Crippen molar-refractivity contribution < 1.29 is 29.3 Å². The average Bonchev–Trinajstić information content (AvgIpc) is 3.07. The van der Waals surface area contributed by atoms with Crippen LogP contribution in [-0.4, -0.2) is 53.0 Å². The second-order valence-electron chi connectivity index (χ2n) is 8.98. The van der Waals surface area contributed by atoms with E-state index in [0.717, 1.165) is 22.3 Å². The van der Waals surface area contributed by atoms with Crippen LogP contribution >= 0.6 is 0 Å². The molecular weight excluding hydrogens is 424 g/mol. The lowest BCUT2D eigenvalue weighted by Crippen LogP contribution is -2.53. The summed E-state index contributed by atoms with van der Waals surface area (Å²) < 4.78 is 5.51. The molecule has 0 aliphatic heterocycles. The number of carbonyl (C=O) groups is 3. The van der Waals surface area contributed by atoms with Gasteiger partial charge in [-0.2, -0.15) is 0 Å². The van der Waals surface area contributed by atoms with Crippen molar-refractivity contribution in [2.75, 3.05) is 13.2 Å². The van der Waals surface area contributed by atoms with Gasteiger partial charge in [0.2, 0.25) is 5.91 Å². The Labute approximate surface area is 193 Å². The van der Waals surface area contributed by atoms with Gasteiger partial charge in [0.1, 0.15) is 12.6 Å². The lowest BCUT2D eigenvalue weighted by Gasteiger charge is -2.26. The van der Waals surface area contributed by atoms with E-state index in [0.29, 0.717) is 0 Å². The predicted octanol–water partition coefficient (Wildman–Crippen LogP) is 2.89. The maximum Gasteiger partial charge on any atom is 0.407 e. The number of nitrogens with one attached hydrogen (secondary N) is 2. The van der Waals surface area contributed by atoms with Gasteiger partial charge in [-0.1, -0.05) is 62.4 Å². The molecule has 2 unspecified atom stereocenters. The molecule has 3 rings (SSSR count). The summed E-state index contributed by atoms with van der Waals surface area (Å²) >= 11 is 0. The van der Waals surface area contributed by atoms with E-state index >= 15 is 0 Å². The third kappa shape index (κ3) is 5.90. The third-order valence-corrected chi connectivity index (χ3v) is 5.74. The Bertz CT molecular complexity index is 988. The minimum Gasteiger partial charge on any atom is -0.481 e. The van der Waals surface area contributed by atoms with Gasteiger partial charge < -0.3 is 25.6 Å². The normalized spacial score (nSPS) is 15.2. The SMILES string of the molecule is CC(C)C(NC(=O)OCC1c2ccccc2-c2ccccc21)C(=O)NCC(C)(O)CC(=O)O. The summed E-state index contributed by atoms with van der Waals surface area (Å²) in [6.07, 6.45) is -1.23. The van der Waals surface area contributed by atoms with Crippen molar-refractivity contribution in [1.29, 1.82) is 0 Å². The van der Waals surface area contributed by atoms with E-state index in [1.54, 1.807) is 13.8 Å². The molecule has 8 heteroatoms. The van der Waals surface area contributed by atoms with E-state index in [2.05, 4.69) is 10.6 Å². The molecule has 0 aromatic heterocycles. The molecule has 0 heterocycles. The van der Waals surface area contributed by atoms with Gasteiger partial charge in [0, 0.05) is 12.5 Å². The molecule has 2 amide bonds. The highest BCUT2D eigenvalue weighted by atomic mass is 16.5. The van der Waals surface area contributed by atoms with E-state index in [4.69, 9.17) is 9.84 Å². The first-order chi connectivity index (χ1) is 15.6. The number of alkyl carbamates (subject to hydrolysis) is 1. The van der Waals surface area contributed by atoms with E-state index in [9.17, 15) is 19.5 Å². The lowest BCUT2D eigenvalue weighted by molar-refractivity contribution is -0.142. The van der Waals surface area contributed by atoms with E-state index in [1.807, 2.05) is 48.5 Å². The number of rotatable bonds is 9. The van der Waals surface area contributed by atoms with Gasteiger partial charge in [0.05, 0.1) is 12.0 Å². The number of carboxylic acid groups (broad SMARTS) is 1. The Morgan fingerprint density at radius 1 is 1.03 bits per heavy atom. The molecule has 2 aromatic carbocycles. The van der Waals surface area contributed by atoms with Crippen LogP contribution in [0.4, 0.5) is 4.79 Å². The van der Waals surface area contributed by atoms with Crippen molar-refractivity contribution in [2.45, 2.75) is 44.8 Å².